The molecule has 0 spiro atoms. The first-order valence-electron chi connectivity index (χ1n) is 8.78. The second-order valence-electron chi connectivity index (χ2n) is 6.52. The van der Waals surface area contributed by atoms with Crippen molar-refractivity contribution in [1.82, 2.24) is 9.55 Å². The Bertz CT molecular complexity index is 1120. The number of nitro groups is 1. The molecule has 0 saturated heterocycles. The summed E-state index contributed by atoms with van der Waals surface area (Å²) in [6.45, 7) is 5.97. The van der Waals surface area contributed by atoms with Crippen molar-refractivity contribution in [2.75, 3.05) is 0 Å². The molecule has 0 saturated carbocycles. The third-order valence-electron chi connectivity index (χ3n) is 4.67. The quantitative estimate of drug-likeness (QED) is 0.370. The van der Waals surface area contributed by atoms with Gasteiger partial charge in [0.25, 0.3) is 5.69 Å². The van der Waals surface area contributed by atoms with Crippen LogP contribution in [0.3, 0.4) is 0 Å². The Hall–Kier alpha value is -3.88. The number of aromatic carboxylic acids is 1. The lowest BCUT2D eigenvalue weighted by atomic mass is 10.1. The van der Waals surface area contributed by atoms with Crippen LogP contribution >= 0.6 is 0 Å². The summed E-state index contributed by atoms with van der Waals surface area (Å²) in [5, 5.41) is 28.2. The molecular weight excluding hydrogens is 374 g/mol. The van der Waals surface area contributed by atoms with Crippen LogP contribution in [0.5, 0.6) is 0 Å². The summed E-state index contributed by atoms with van der Waals surface area (Å²) >= 11 is 0. The molecule has 0 aliphatic rings. The average molecular weight is 393 g/mol. The smallest absolute Gasteiger partial charge is 0.336 e. The third-order valence-corrected chi connectivity index (χ3v) is 4.67. The van der Waals surface area contributed by atoms with Crippen molar-refractivity contribution in [2.45, 2.75) is 27.3 Å². The molecule has 9 nitrogen and oxygen atoms in total. The maximum atomic E-state index is 11.4. The zero-order valence-corrected chi connectivity index (χ0v) is 16.2. The highest BCUT2D eigenvalue weighted by Gasteiger charge is 2.16. The van der Waals surface area contributed by atoms with Crippen LogP contribution in [0.15, 0.2) is 52.8 Å². The molecule has 2 heterocycles. The lowest BCUT2D eigenvalue weighted by molar-refractivity contribution is -0.385. The Labute approximate surface area is 166 Å². The lowest BCUT2D eigenvalue weighted by Gasteiger charge is -2.14. The molecule has 0 radical (unpaired) electrons. The van der Waals surface area contributed by atoms with Crippen LogP contribution in [-0.2, 0) is 6.54 Å². The summed E-state index contributed by atoms with van der Waals surface area (Å²) in [5.41, 5.74) is 4.47. The van der Waals surface area contributed by atoms with Gasteiger partial charge in [-0.15, -0.1) is 5.11 Å². The fourth-order valence-electron chi connectivity index (χ4n) is 3.19. The minimum atomic E-state index is -0.962. The van der Waals surface area contributed by atoms with Crippen LogP contribution in [0.4, 0.5) is 11.5 Å². The maximum Gasteiger partial charge on any atom is 0.336 e. The number of benzene rings is 1. The SMILES string of the molecule is Cc1c(C(=O)O)cccc1-n1c(C)cc(CN=Nc2ccc([N+](=O)[O-])cn2)c1C. The number of hydrogen-bond acceptors (Lipinski definition) is 6. The van der Waals surface area contributed by atoms with Crippen molar-refractivity contribution in [3.05, 3.63) is 80.8 Å². The second-order valence-corrected chi connectivity index (χ2v) is 6.52. The fourth-order valence-corrected chi connectivity index (χ4v) is 3.19. The van der Waals surface area contributed by atoms with Gasteiger partial charge in [-0.05, 0) is 56.2 Å². The number of carboxylic acids is 1. The highest BCUT2D eigenvalue weighted by atomic mass is 16.6. The van der Waals surface area contributed by atoms with E-state index in [4.69, 9.17) is 0 Å². The van der Waals surface area contributed by atoms with Crippen molar-refractivity contribution in [2.24, 2.45) is 10.2 Å². The van der Waals surface area contributed by atoms with E-state index in [0.717, 1.165) is 28.8 Å². The average Bonchev–Trinajstić information content (AvgIpc) is 2.96. The predicted molar refractivity (Wildman–Crippen MR) is 106 cm³/mol. The Morgan fingerprint density at radius 1 is 1.24 bits per heavy atom. The van der Waals surface area contributed by atoms with Gasteiger partial charge in [0.05, 0.1) is 17.0 Å². The number of nitrogens with zero attached hydrogens (tertiary/aromatic N) is 5. The van der Waals surface area contributed by atoms with Crippen molar-refractivity contribution < 1.29 is 14.8 Å². The first-order chi connectivity index (χ1) is 13.8. The van der Waals surface area contributed by atoms with E-state index < -0.39 is 10.9 Å². The zero-order chi connectivity index (χ0) is 21.1. The zero-order valence-electron chi connectivity index (χ0n) is 16.2. The van der Waals surface area contributed by atoms with Gasteiger partial charge in [0.15, 0.2) is 5.82 Å². The standard InChI is InChI=1S/C20H19N5O4/c1-12-9-15(10-22-23-19-8-7-16(11-21-19)25(28)29)14(3)24(12)18-6-4-5-17(13(18)2)20(26)27/h4-9,11H,10H2,1-3H3,(H,26,27). The molecule has 0 aliphatic carbocycles. The van der Waals surface area contributed by atoms with Crippen LogP contribution in [0.25, 0.3) is 5.69 Å². The van der Waals surface area contributed by atoms with Crippen molar-refractivity contribution in [1.29, 1.82) is 0 Å². The summed E-state index contributed by atoms with van der Waals surface area (Å²) in [6, 6.07) is 9.93. The summed E-state index contributed by atoms with van der Waals surface area (Å²) in [6.07, 6.45) is 1.14. The van der Waals surface area contributed by atoms with E-state index in [-0.39, 0.29) is 17.1 Å². The second kappa shape index (κ2) is 8.01. The summed E-state index contributed by atoms with van der Waals surface area (Å²) < 4.78 is 2.00. The maximum absolute atomic E-state index is 11.4. The Balaban J connectivity index is 1.86. The van der Waals surface area contributed by atoms with E-state index in [0.29, 0.717) is 12.1 Å². The van der Waals surface area contributed by atoms with E-state index in [9.17, 15) is 20.0 Å². The summed E-state index contributed by atoms with van der Waals surface area (Å²) in [4.78, 5) is 25.5. The Kier molecular flexibility index (Phi) is 5.49. The van der Waals surface area contributed by atoms with E-state index >= 15 is 0 Å². The summed E-state index contributed by atoms with van der Waals surface area (Å²) in [7, 11) is 0. The minimum absolute atomic E-state index is 0.105. The van der Waals surface area contributed by atoms with E-state index in [1.807, 2.05) is 30.5 Å². The molecule has 0 fully saturated rings. The van der Waals surface area contributed by atoms with E-state index in [1.54, 1.807) is 19.1 Å². The molecular formula is C20H19N5O4. The van der Waals surface area contributed by atoms with E-state index in [1.165, 1.54) is 12.1 Å². The summed E-state index contributed by atoms with van der Waals surface area (Å²) in [5.74, 6) is -0.675. The monoisotopic (exact) mass is 393 g/mol. The lowest BCUT2D eigenvalue weighted by Crippen LogP contribution is -2.07. The number of aryl methyl sites for hydroxylation is 1. The third kappa shape index (κ3) is 4.03. The Morgan fingerprint density at radius 3 is 2.62 bits per heavy atom. The first kappa shape index (κ1) is 19.9. The topological polar surface area (TPSA) is 123 Å². The number of aromatic nitrogens is 2. The number of hydrogen-bond donors (Lipinski definition) is 1. The molecule has 0 amide bonds. The number of pyridine rings is 1. The molecule has 29 heavy (non-hydrogen) atoms. The van der Waals surface area contributed by atoms with Crippen LogP contribution in [-0.4, -0.2) is 25.6 Å². The van der Waals surface area contributed by atoms with Gasteiger partial charge >= 0.3 is 5.97 Å². The van der Waals surface area contributed by atoms with Crippen molar-refractivity contribution >= 4 is 17.5 Å². The van der Waals surface area contributed by atoms with E-state index in [2.05, 4.69) is 15.2 Å². The van der Waals surface area contributed by atoms with Gasteiger partial charge in [0.1, 0.15) is 6.20 Å². The molecule has 9 heteroatoms. The van der Waals surface area contributed by atoms with Gasteiger partial charge in [-0.1, -0.05) is 6.07 Å². The van der Waals surface area contributed by atoms with Gasteiger partial charge in [-0.2, -0.15) is 5.11 Å². The van der Waals surface area contributed by atoms with Gasteiger partial charge in [-0.25, -0.2) is 9.78 Å². The first-order valence-corrected chi connectivity index (χ1v) is 8.78. The van der Waals surface area contributed by atoms with Gasteiger partial charge in [0.2, 0.25) is 0 Å². The highest BCUT2D eigenvalue weighted by molar-refractivity contribution is 5.90. The fraction of sp³-hybridized carbons (Fsp3) is 0.200. The number of azo groups is 1. The number of rotatable bonds is 6. The molecule has 3 rings (SSSR count). The molecule has 3 aromatic rings. The van der Waals surface area contributed by atoms with Crippen LogP contribution in [0, 0.1) is 30.9 Å². The predicted octanol–water partition coefficient (Wildman–Crippen LogP) is 4.69. The minimum Gasteiger partial charge on any atom is -0.478 e. The van der Waals surface area contributed by atoms with Crippen LogP contribution in [0.2, 0.25) is 0 Å². The Morgan fingerprint density at radius 2 is 2.00 bits per heavy atom. The number of carbonyl (C=O) groups is 1. The number of carboxylic acid groups (broad SMARTS) is 1. The molecule has 1 N–H and O–H groups in total. The molecule has 0 bridgehead atoms. The largest absolute Gasteiger partial charge is 0.478 e. The molecule has 2 aromatic heterocycles. The van der Waals surface area contributed by atoms with Crippen molar-refractivity contribution in [3.8, 4) is 5.69 Å². The normalized spacial score (nSPS) is 11.1. The van der Waals surface area contributed by atoms with Crippen LogP contribution < -0.4 is 0 Å². The molecule has 148 valence electrons. The van der Waals surface area contributed by atoms with Gasteiger partial charge in [-0.3, -0.25) is 10.1 Å². The highest BCUT2D eigenvalue weighted by Crippen LogP contribution is 2.26. The van der Waals surface area contributed by atoms with Crippen molar-refractivity contribution in [3.63, 3.8) is 0 Å². The van der Waals surface area contributed by atoms with Gasteiger partial charge in [0, 0.05) is 23.1 Å². The molecule has 1 aromatic carbocycles. The van der Waals surface area contributed by atoms with Crippen LogP contribution in [0.1, 0.15) is 32.9 Å². The molecule has 0 unspecified atom stereocenters. The molecule has 0 atom stereocenters. The van der Waals surface area contributed by atoms with Gasteiger partial charge < -0.3 is 9.67 Å². The molecule has 0 aliphatic heterocycles.